The fourth-order valence-corrected chi connectivity index (χ4v) is 3.19. The van der Waals surface area contributed by atoms with Crippen molar-refractivity contribution in [2.45, 2.75) is 45.8 Å². The summed E-state index contributed by atoms with van der Waals surface area (Å²) in [6, 6.07) is 16.0. The predicted molar refractivity (Wildman–Crippen MR) is 128 cm³/mol. The topological polar surface area (TPSA) is 77.4 Å². The van der Waals surface area contributed by atoms with E-state index in [4.69, 9.17) is 9.47 Å². The monoisotopic (exact) mass is 436 g/mol. The molecule has 1 heterocycles. The maximum absolute atomic E-state index is 12.3. The quantitative estimate of drug-likeness (QED) is 0.499. The molecule has 2 aromatic carbocycles. The summed E-state index contributed by atoms with van der Waals surface area (Å²) in [4.78, 5) is 12.3. The Bertz CT molecular complexity index is 1050. The minimum atomic E-state index is -0.586. The number of carbonyl (C=O) groups excluding carboxylic acids is 1. The van der Waals surface area contributed by atoms with E-state index in [1.165, 1.54) is 4.68 Å². The van der Waals surface area contributed by atoms with Crippen LogP contribution < -0.4 is 15.4 Å². The number of methoxy groups -OCH3 is 1. The second kappa shape index (κ2) is 9.34. The highest BCUT2D eigenvalue weighted by molar-refractivity contribution is 5.76. The second-order valence-electron chi connectivity index (χ2n) is 9.30. The first-order valence-corrected chi connectivity index (χ1v) is 10.6. The van der Waals surface area contributed by atoms with Crippen LogP contribution in [0.5, 0.6) is 5.75 Å². The smallest absolute Gasteiger partial charge is 0.435 e. The van der Waals surface area contributed by atoms with E-state index in [9.17, 15) is 4.79 Å². The molecule has 32 heavy (non-hydrogen) atoms. The lowest BCUT2D eigenvalue weighted by molar-refractivity contribution is 0.0514. The molecule has 0 saturated carbocycles. The molecule has 0 unspecified atom stereocenters. The summed E-state index contributed by atoms with van der Waals surface area (Å²) in [5.41, 5.74) is 2.88. The molecule has 0 aliphatic heterocycles. The van der Waals surface area contributed by atoms with E-state index in [0.717, 1.165) is 22.5 Å². The van der Waals surface area contributed by atoms with Crippen LogP contribution in [0.1, 0.15) is 34.6 Å². The highest BCUT2D eigenvalue weighted by Crippen LogP contribution is 2.32. The molecule has 0 amide bonds. The van der Waals surface area contributed by atoms with Crippen molar-refractivity contribution < 1.29 is 14.3 Å². The predicted octanol–water partition coefficient (Wildman–Crippen LogP) is 5.64. The highest BCUT2D eigenvalue weighted by atomic mass is 16.6. The number of hydrogen-bond acceptors (Lipinski definition) is 6. The van der Waals surface area contributed by atoms with Gasteiger partial charge < -0.3 is 20.1 Å². The lowest BCUT2D eigenvalue weighted by atomic mass is 10.0. The summed E-state index contributed by atoms with van der Waals surface area (Å²) in [5, 5.41) is 11.2. The minimum Gasteiger partial charge on any atom is -0.496 e. The Morgan fingerprint density at radius 3 is 2.41 bits per heavy atom. The van der Waals surface area contributed by atoms with Gasteiger partial charge in [0.25, 0.3) is 0 Å². The zero-order valence-electron chi connectivity index (χ0n) is 19.6. The van der Waals surface area contributed by atoms with Crippen LogP contribution in [0, 0.1) is 0 Å². The van der Waals surface area contributed by atoms with Gasteiger partial charge in [0.15, 0.2) is 0 Å². The third kappa shape index (κ3) is 6.26. The molecule has 7 nitrogen and oxygen atoms in total. The summed E-state index contributed by atoms with van der Waals surface area (Å²) in [7, 11) is 1.63. The Labute approximate surface area is 189 Å². The molecule has 7 heteroatoms. The van der Waals surface area contributed by atoms with Crippen molar-refractivity contribution >= 4 is 17.5 Å². The van der Waals surface area contributed by atoms with Gasteiger partial charge in [-0.05, 0) is 58.9 Å². The average molecular weight is 437 g/mol. The second-order valence-corrected chi connectivity index (χ2v) is 9.30. The average Bonchev–Trinajstić information content (AvgIpc) is 3.21. The normalized spacial score (nSPS) is 11.7. The van der Waals surface area contributed by atoms with Gasteiger partial charge in [-0.15, -0.1) is 0 Å². The molecular formula is C25H32N4O3. The summed E-state index contributed by atoms with van der Waals surface area (Å²) >= 11 is 0. The molecule has 1 aromatic heterocycles. The van der Waals surface area contributed by atoms with Crippen LogP contribution in [0.4, 0.5) is 16.2 Å². The number of rotatable bonds is 7. The van der Waals surface area contributed by atoms with Crippen LogP contribution >= 0.6 is 0 Å². The van der Waals surface area contributed by atoms with E-state index in [2.05, 4.69) is 41.7 Å². The van der Waals surface area contributed by atoms with Crippen LogP contribution in [0.2, 0.25) is 0 Å². The Hall–Kier alpha value is -3.48. The molecule has 0 spiro atoms. The van der Waals surface area contributed by atoms with Crippen LogP contribution in [-0.2, 0) is 4.74 Å². The van der Waals surface area contributed by atoms with Crippen LogP contribution in [0.15, 0.2) is 60.9 Å². The first-order chi connectivity index (χ1) is 15.1. The SMILES string of the molecule is COc1cc(NCC(C)(C)Nc2ccccc2)ccc1-c1cnn(C(=O)OC(C)(C)C)c1. The van der Waals surface area contributed by atoms with Crippen molar-refractivity contribution in [3.8, 4) is 16.9 Å². The third-order valence-electron chi connectivity index (χ3n) is 4.67. The molecule has 170 valence electrons. The molecule has 0 aliphatic carbocycles. The fraction of sp³-hybridized carbons (Fsp3) is 0.360. The molecule has 0 atom stereocenters. The van der Waals surface area contributed by atoms with Crippen molar-refractivity contribution in [3.63, 3.8) is 0 Å². The molecule has 3 aromatic rings. The summed E-state index contributed by atoms with van der Waals surface area (Å²) in [6.07, 6.45) is 2.75. The van der Waals surface area contributed by atoms with Crippen molar-refractivity contribution in [1.29, 1.82) is 0 Å². The maximum atomic E-state index is 12.3. The van der Waals surface area contributed by atoms with Crippen LogP contribution in [0.25, 0.3) is 11.1 Å². The first-order valence-electron chi connectivity index (χ1n) is 10.6. The standard InChI is InChI=1S/C25H32N4O3/c1-24(2,3)32-23(30)29-16-18(15-27-29)21-13-12-20(14-22(21)31-6)26-17-25(4,5)28-19-10-8-7-9-11-19/h7-16,26,28H,17H2,1-6H3. The summed E-state index contributed by atoms with van der Waals surface area (Å²) < 4.78 is 12.2. The lowest BCUT2D eigenvalue weighted by Gasteiger charge is -2.28. The van der Waals surface area contributed by atoms with Gasteiger partial charge in [0, 0.05) is 46.8 Å². The summed E-state index contributed by atoms with van der Waals surface area (Å²) in [5.74, 6) is 0.688. The van der Waals surface area contributed by atoms with Gasteiger partial charge in [-0.1, -0.05) is 18.2 Å². The zero-order chi connectivity index (χ0) is 23.4. The molecule has 0 radical (unpaired) electrons. The molecule has 3 rings (SSSR count). The number of nitrogens with one attached hydrogen (secondary N) is 2. The Kier molecular flexibility index (Phi) is 6.77. The number of aromatic nitrogens is 2. The highest BCUT2D eigenvalue weighted by Gasteiger charge is 2.20. The van der Waals surface area contributed by atoms with E-state index < -0.39 is 11.7 Å². The third-order valence-corrected chi connectivity index (χ3v) is 4.67. The van der Waals surface area contributed by atoms with Gasteiger partial charge in [-0.25, -0.2) is 4.79 Å². The first kappa shape index (κ1) is 23.2. The van der Waals surface area contributed by atoms with E-state index in [1.807, 2.05) is 57.2 Å². The number of nitrogens with zero attached hydrogens (tertiary/aromatic N) is 2. The van der Waals surface area contributed by atoms with E-state index in [1.54, 1.807) is 19.5 Å². The Balaban J connectivity index is 1.70. The maximum Gasteiger partial charge on any atom is 0.435 e. The number of para-hydroxylation sites is 1. The largest absolute Gasteiger partial charge is 0.496 e. The molecule has 2 N–H and O–H groups in total. The van der Waals surface area contributed by atoms with Crippen LogP contribution in [-0.4, -0.2) is 40.7 Å². The lowest BCUT2D eigenvalue weighted by Crippen LogP contribution is -2.38. The fourth-order valence-electron chi connectivity index (χ4n) is 3.19. The number of hydrogen-bond donors (Lipinski definition) is 2. The minimum absolute atomic E-state index is 0.165. The Morgan fingerprint density at radius 2 is 1.75 bits per heavy atom. The van der Waals surface area contributed by atoms with Crippen molar-refractivity contribution in [2.75, 3.05) is 24.3 Å². The van der Waals surface area contributed by atoms with Gasteiger partial charge in [-0.2, -0.15) is 9.78 Å². The van der Waals surface area contributed by atoms with E-state index >= 15 is 0 Å². The molecule has 0 fully saturated rings. The molecule has 0 aliphatic rings. The molecule has 0 saturated heterocycles. The van der Waals surface area contributed by atoms with Gasteiger partial charge in [-0.3, -0.25) is 0 Å². The molecular weight excluding hydrogens is 404 g/mol. The number of anilines is 2. The molecule has 0 bridgehead atoms. The Morgan fingerprint density at radius 1 is 1.03 bits per heavy atom. The van der Waals surface area contributed by atoms with E-state index in [-0.39, 0.29) is 5.54 Å². The van der Waals surface area contributed by atoms with Gasteiger partial charge in [0.2, 0.25) is 0 Å². The van der Waals surface area contributed by atoms with Gasteiger partial charge in [0.1, 0.15) is 11.4 Å². The van der Waals surface area contributed by atoms with E-state index in [0.29, 0.717) is 12.3 Å². The number of benzene rings is 2. The van der Waals surface area contributed by atoms with Crippen molar-refractivity contribution in [3.05, 3.63) is 60.9 Å². The van der Waals surface area contributed by atoms with Gasteiger partial charge >= 0.3 is 6.09 Å². The number of carbonyl (C=O) groups is 1. The van der Waals surface area contributed by atoms with Gasteiger partial charge in [0.05, 0.1) is 13.3 Å². The van der Waals surface area contributed by atoms with Crippen molar-refractivity contribution in [1.82, 2.24) is 9.78 Å². The number of ether oxygens (including phenoxy) is 2. The van der Waals surface area contributed by atoms with Crippen molar-refractivity contribution in [2.24, 2.45) is 0 Å². The summed E-state index contributed by atoms with van der Waals surface area (Å²) in [6.45, 7) is 10.5. The zero-order valence-corrected chi connectivity index (χ0v) is 19.6. The van der Waals surface area contributed by atoms with Crippen LogP contribution in [0.3, 0.4) is 0 Å².